The summed E-state index contributed by atoms with van der Waals surface area (Å²) in [6.07, 6.45) is 5.63. The molecule has 0 atom stereocenters. The minimum Gasteiger partial charge on any atom is -0.352 e. The van der Waals surface area contributed by atoms with Crippen LogP contribution in [-0.2, 0) is 6.54 Å². The lowest BCUT2D eigenvalue weighted by Gasteiger charge is -2.32. The highest BCUT2D eigenvalue weighted by molar-refractivity contribution is 5.37. The van der Waals surface area contributed by atoms with Crippen LogP contribution in [0.5, 0.6) is 0 Å². The highest BCUT2D eigenvalue weighted by Crippen LogP contribution is 2.28. The van der Waals surface area contributed by atoms with Gasteiger partial charge in [0.25, 0.3) is 5.56 Å². The van der Waals surface area contributed by atoms with Gasteiger partial charge in [0, 0.05) is 32.0 Å². The Morgan fingerprint density at radius 2 is 1.90 bits per heavy atom. The van der Waals surface area contributed by atoms with Gasteiger partial charge >= 0.3 is 0 Å². The molecule has 2 heterocycles. The van der Waals surface area contributed by atoms with Gasteiger partial charge in [0.2, 0.25) is 0 Å². The number of nitrogens with zero attached hydrogens (tertiary/aromatic N) is 3. The fourth-order valence-corrected chi connectivity index (χ4v) is 3.05. The lowest BCUT2D eigenvalue weighted by Crippen LogP contribution is -2.38. The quantitative estimate of drug-likeness (QED) is 0.869. The van der Waals surface area contributed by atoms with E-state index in [-0.39, 0.29) is 5.56 Å². The maximum Gasteiger partial charge on any atom is 0.293 e. The SMILES string of the molecule is CCn1ccnc(N2CCC(c3ccccc3)CC2)c1=O. The number of rotatable bonds is 3. The summed E-state index contributed by atoms with van der Waals surface area (Å²) < 4.78 is 1.71. The van der Waals surface area contributed by atoms with E-state index in [2.05, 4.69) is 40.2 Å². The van der Waals surface area contributed by atoms with Crippen LogP contribution in [0.3, 0.4) is 0 Å². The number of piperidine rings is 1. The molecule has 1 aromatic carbocycles. The van der Waals surface area contributed by atoms with Crippen LogP contribution in [0.25, 0.3) is 0 Å². The van der Waals surface area contributed by atoms with Crippen molar-refractivity contribution in [1.29, 1.82) is 0 Å². The van der Waals surface area contributed by atoms with E-state index < -0.39 is 0 Å². The minimum absolute atomic E-state index is 0.0261. The molecule has 0 aliphatic carbocycles. The van der Waals surface area contributed by atoms with Gasteiger partial charge < -0.3 is 9.47 Å². The smallest absolute Gasteiger partial charge is 0.293 e. The second-order valence-corrected chi connectivity index (χ2v) is 5.51. The van der Waals surface area contributed by atoms with Crippen molar-refractivity contribution in [2.75, 3.05) is 18.0 Å². The van der Waals surface area contributed by atoms with Crippen LogP contribution >= 0.6 is 0 Å². The zero-order valence-corrected chi connectivity index (χ0v) is 12.4. The van der Waals surface area contributed by atoms with Gasteiger partial charge in [-0.15, -0.1) is 0 Å². The third-order valence-corrected chi connectivity index (χ3v) is 4.30. The first kappa shape index (κ1) is 13.9. The molecule has 3 rings (SSSR count). The Balaban J connectivity index is 1.73. The van der Waals surface area contributed by atoms with Gasteiger partial charge in [0.05, 0.1) is 0 Å². The van der Waals surface area contributed by atoms with Crippen molar-refractivity contribution in [1.82, 2.24) is 9.55 Å². The summed E-state index contributed by atoms with van der Waals surface area (Å²) in [7, 11) is 0. The van der Waals surface area contributed by atoms with Crippen molar-refractivity contribution >= 4 is 5.82 Å². The summed E-state index contributed by atoms with van der Waals surface area (Å²) in [6.45, 7) is 4.46. The molecule has 4 heteroatoms. The van der Waals surface area contributed by atoms with E-state index in [9.17, 15) is 4.79 Å². The standard InChI is InChI=1S/C17H21N3O/c1-2-19-13-10-18-16(17(19)21)20-11-8-15(9-12-20)14-6-4-3-5-7-14/h3-7,10,13,15H,2,8-9,11-12H2,1H3. The minimum atomic E-state index is 0.0261. The number of hydrogen-bond acceptors (Lipinski definition) is 3. The lowest BCUT2D eigenvalue weighted by atomic mass is 9.89. The molecule has 0 bridgehead atoms. The molecule has 1 aliphatic rings. The van der Waals surface area contributed by atoms with Crippen molar-refractivity contribution in [3.05, 3.63) is 58.6 Å². The molecule has 0 amide bonds. The zero-order chi connectivity index (χ0) is 14.7. The van der Waals surface area contributed by atoms with Crippen LogP contribution in [0.1, 0.15) is 31.2 Å². The summed E-state index contributed by atoms with van der Waals surface area (Å²) in [6, 6.07) is 10.6. The fraction of sp³-hybridized carbons (Fsp3) is 0.412. The van der Waals surface area contributed by atoms with Crippen molar-refractivity contribution in [3.63, 3.8) is 0 Å². The molecule has 0 radical (unpaired) electrons. The van der Waals surface area contributed by atoms with E-state index in [1.54, 1.807) is 17.0 Å². The van der Waals surface area contributed by atoms with Crippen LogP contribution in [0, 0.1) is 0 Å². The number of benzene rings is 1. The zero-order valence-electron chi connectivity index (χ0n) is 12.4. The molecule has 1 aromatic heterocycles. The molecule has 0 saturated carbocycles. The third-order valence-electron chi connectivity index (χ3n) is 4.30. The van der Waals surface area contributed by atoms with E-state index in [1.807, 2.05) is 6.92 Å². The van der Waals surface area contributed by atoms with Crippen LogP contribution in [0.15, 0.2) is 47.5 Å². The molecular formula is C17H21N3O. The molecule has 0 spiro atoms. The van der Waals surface area contributed by atoms with Gasteiger partial charge in [0.1, 0.15) is 0 Å². The summed E-state index contributed by atoms with van der Waals surface area (Å²) in [5, 5.41) is 0. The van der Waals surface area contributed by atoms with Crippen LogP contribution in [0.4, 0.5) is 5.82 Å². The van der Waals surface area contributed by atoms with Crippen molar-refractivity contribution in [2.24, 2.45) is 0 Å². The Hall–Kier alpha value is -2.10. The molecule has 1 aliphatic heterocycles. The largest absolute Gasteiger partial charge is 0.352 e. The Kier molecular flexibility index (Phi) is 4.04. The predicted octanol–water partition coefficient (Wildman–Crippen LogP) is 2.65. The maximum atomic E-state index is 12.3. The monoisotopic (exact) mass is 283 g/mol. The van der Waals surface area contributed by atoms with Gasteiger partial charge in [-0.05, 0) is 31.2 Å². The Morgan fingerprint density at radius 1 is 1.19 bits per heavy atom. The van der Waals surface area contributed by atoms with E-state index >= 15 is 0 Å². The van der Waals surface area contributed by atoms with Crippen molar-refractivity contribution < 1.29 is 0 Å². The molecule has 1 fully saturated rings. The highest BCUT2D eigenvalue weighted by atomic mass is 16.1. The number of aromatic nitrogens is 2. The average molecular weight is 283 g/mol. The first-order valence-corrected chi connectivity index (χ1v) is 7.65. The van der Waals surface area contributed by atoms with E-state index in [0.717, 1.165) is 25.9 Å². The summed E-state index contributed by atoms with van der Waals surface area (Å²) in [5.74, 6) is 1.20. The first-order valence-electron chi connectivity index (χ1n) is 7.65. The van der Waals surface area contributed by atoms with Crippen molar-refractivity contribution in [3.8, 4) is 0 Å². The fourth-order valence-electron chi connectivity index (χ4n) is 3.05. The molecular weight excluding hydrogens is 262 g/mol. The van der Waals surface area contributed by atoms with Gasteiger partial charge in [-0.3, -0.25) is 4.79 Å². The first-order chi connectivity index (χ1) is 10.3. The van der Waals surface area contributed by atoms with Gasteiger partial charge in [-0.1, -0.05) is 30.3 Å². The average Bonchev–Trinajstić information content (AvgIpc) is 2.56. The topological polar surface area (TPSA) is 38.1 Å². The number of aryl methyl sites for hydroxylation is 1. The Morgan fingerprint density at radius 3 is 2.57 bits per heavy atom. The molecule has 0 unspecified atom stereocenters. The molecule has 1 saturated heterocycles. The number of hydrogen-bond donors (Lipinski definition) is 0. The van der Waals surface area contributed by atoms with E-state index in [1.165, 1.54) is 5.56 Å². The normalized spacial score (nSPS) is 16.1. The second kappa shape index (κ2) is 6.12. The second-order valence-electron chi connectivity index (χ2n) is 5.51. The lowest BCUT2D eigenvalue weighted by molar-refractivity contribution is 0.499. The van der Waals surface area contributed by atoms with Gasteiger partial charge in [-0.25, -0.2) is 4.98 Å². The van der Waals surface area contributed by atoms with Gasteiger partial charge in [-0.2, -0.15) is 0 Å². The van der Waals surface area contributed by atoms with Crippen LogP contribution in [0.2, 0.25) is 0 Å². The van der Waals surface area contributed by atoms with E-state index in [0.29, 0.717) is 18.3 Å². The highest BCUT2D eigenvalue weighted by Gasteiger charge is 2.23. The molecule has 2 aromatic rings. The predicted molar refractivity (Wildman–Crippen MR) is 84.8 cm³/mol. The van der Waals surface area contributed by atoms with Crippen LogP contribution in [-0.4, -0.2) is 22.6 Å². The molecule has 21 heavy (non-hydrogen) atoms. The Bertz CT molecular complexity index is 643. The maximum absolute atomic E-state index is 12.3. The molecule has 0 N–H and O–H groups in total. The summed E-state index contributed by atoms with van der Waals surface area (Å²) in [5.41, 5.74) is 1.43. The summed E-state index contributed by atoms with van der Waals surface area (Å²) in [4.78, 5) is 18.7. The Labute approximate surface area is 125 Å². The van der Waals surface area contributed by atoms with Crippen molar-refractivity contribution in [2.45, 2.75) is 32.2 Å². The summed E-state index contributed by atoms with van der Waals surface area (Å²) >= 11 is 0. The van der Waals surface area contributed by atoms with Gasteiger partial charge in [0.15, 0.2) is 5.82 Å². The number of anilines is 1. The van der Waals surface area contributed by atoms with Crippen LogP contribution < -0.4 is 10.5 Å². The van der Waals surface area contributed by atoms with E-state index in [4.69, 9.17) is 0 Å². The molecule has 110 valence electrons. The molecule has 4 nitrogen and oxygen atoms in total. The third kappa shape index (κ3) is 2.84.